The molecule has 0 N–H and O–H groups in total. The zero-order valence-electron chi connectivity index (χ0n) is 20.0. The lowest BCUT2D eigenvalue weighted by atomic mass is 9.83. The molecule has 2 atom stereocenters. The maximum absolute atomic E-state index is 11.2. The van der Waals surface area contributed by atoms with Gasteiger partial charge in [0.2, 0.25) is 0 Å². The van der Waals surface area contributed by atoms with Gasteiger partial charge in [-0.05, 0) is 61.2 Å². The van der Waals surface area contributed by atoms with Crippen molar-refractivity contribution < 1.29 is 23.5 Å². The molecule has 2 aromatic carbocycles. The van der Waals surface area contributed by atoms with Crippen LogP contribution in [0.3, 0.4) is 0 Å². The Morgan fingerprint density at radius 1 is 1.03 bits per heavy atom. The molecule has 2 aromatic rings. The molecule has 0 fully saturated rings. The van der Waals surface area contributed by atoms with Crippen LogP contribution in [0.4, 0.5) is 0 Å². The number of aryl methyl sites for hydroxylation is 3. The lowest BCUT2D eigenvalue weighted by Crippen LogP contribution is -2.52. The van der Waals surface area contributed by atoms with Gasteiger partial charge in [-0.3, -0.25) is 4.79 Å². The molecule has 0 bridgehead atoms. The smallest absolute Gasteiger partial charge is 0.302 e. The van der Waals surface area contributed by atoms with Gasteiger partial charge in [0.05, 0.1) is 41.0 Å². The number of hydrogen-bond donors (Lipinski definition) is 0. The average molecular weight is 427 g/mol. The number of likely N-dealkylation sites (N-methyl/N-ethyl adjacent to an activating group) is 1. The monoisotopic (exact) mass is 426 g/mol. The van der Waals surface area contributed by atoms with Gasteiger partial charge in [-0.25, -0.2) is 0 Å². The van der Waals surface area contributed by atoms with E-state index in [1.54, 1.807) is 14.2 Å². The zero-order chi connectivity index (χ0) is 22.8. The van der Waals surface area contributed by atoms with Gasteiger partial charge in [-0.1, -0.05) is 6.07 Å². The summed E-state index contributed by atoms with van der Waals surface area (Å²) in [5, 5.41) is 0. The van der Waals surface area contributed by atoms with Gasteiger partial charge in [0.1, 0.15) is 6.04 Å². The Labute approximate surface area is 186 Å². The van der Waals surface area contributed by atoms with Crippen LogP contribution < -0.4 is 9.47 Å². The van der Waals surface area contributed by atoms with Crippen molar-refractivity contribution in [2.24, 2.45) is 0 Å². The molecule has 3 rings (SSSR count). The van der Waals surface area contributed by atoms with Crippen molar-refractivity contribution in [1.29, 1.82) is 0 Å². The fraction of sp³-hybridized carbons (Fsp3) is 0.500. The van der Waals surface area contributed by atoms with Gasteiger partial charge in [0.25, 0.3) is 0 Å². The third kappa shape index (κ3) is 4.72. The van der Waals surface area contributed by atoms with Crippen molar-refractivity contribution in [2.45, 2.75) is 46.6 Å². The van der Waals surface area contributed by atoms with E-state index < -0.39 is 0 Å². The van der Waals surface area contributed by atoms with E-state index in [0.29, 0.717) is 6.61 Å². The van der Waals surface area contributed by atoms with E-state index in [0.717, 1.165) is 47.5 Å². The summed E-state index contributed by atoms with van der Waals surface area (Å²) < 4.78 is 17.4. The predicted octanol–water partition coefficient (Wildman–Crippen LogP) is 4.67. The molecule has 0 saturated heterocycles. The molecular formula is C26H36NO4+. The Hall–Kier alpha value is -2.53. The summed E-state index contributed by atoms with van der Waals surface area (Å²) in [7, 11) is 5.70. The molecule has 0 amide bonds. The number of nitrogens with zero attached hydrogens (tertiary/aromatic N) is 1. The fourth-order valence-electron chi connectivity index (χ4n) is 4.97. The van der Waals surface area contributed by atoms with Crippen LogP contribution in [0.25, 0.3) is 0 Å². The summed E-state index contributed by atoms with van der Waals surface area (Å²) in [6.45, 7) is 10.3. The van der Waals surface area contributed by atoms with Crippen LogP contribution in [-0.4, -0.2) is 51.4 Å². The minimum absolute atomic E-state index is 0.180. The van der Waals surface area contributed by atoms with Gasteiger partial charge in [-0.15, -0.1) is 0 Å². The number of ether oxygens (including phenoxy) is 3. The van der Waals surface area contributed by atoms with Crippen LogP contribution >= 0.6 is 0 Å². The Morgan fingerprint density at radius 3 is 2.39 bits per heavy atom. The van der Waals surface area contributed by atoms with Crippen molar-refractivity contribution in [3.8, 4) is 11.5 Å². The number of esters is 1. The average Bonchev–Trinajstić information content (AvgIpc) is 2.72. The van der Waals surface area contributed by atoms with Crippen LogP contribution in [0.15, 0.2) is 24.3 Å². The second kappa shape index (κ2) is 9.31. The first-order valence-electron chi connectivity index (χ1n) is 11.0. The van der Waals surface area contributed by atoms with E-state index in [-0.39, 0.29) is 12.0 Å². The molecule has 5 heteroatoms. The Balaban J connectivity index is 2.09. The van der Waals surface area contributed by atoms with Crippen LogP contribution in [0.1, 0.15) is 52.8 Å². The number of hydrogen-bond acceptors (Lipinski definition) is 4. The van der Waals surface area contributed by atoms with E-state index in [1.165, 1.54) is 34.7 Å². The predicted molar refractivity (Wildman–Crippen MR) is 123 cm³/mol. The standard InChI is InChI=1S/C26H36NO4/c1-17-13-21-9-11-27(5,10-8-12-31-20(4)28)25(23(21)15-18(17)2)22-14-19(3)26(30-7)24(16-22)29-6/h13-16,25H,8-12H2,1-7H3/q+1. The number of quaternary nitrogens is 1. The molecule has 31 heavy (non-hydrogen) atoms. The van der Waals surface area contributed by atoms with Gasteiger partial charge in [0, 0.05) is 30.9 Å². The Kier molecular flexibility index (Phi) is 6.95. The van der Waals surface area contributed by atoms with Crippen LogP contribution in [-0.2, 0) is 16.0 Å². The van der Waals surface area contributed by atoms with Gasteiger partial charge in [0.15, 0.2) is 11.5 Å². The van der Waals surface area contributed by atoms with Crippen LogP contribution in [0, 0.1) is 20.8 Å². The molecule has 0 aromatic heterocycles. The number of benzene rings is 2. The lowest BCUT2D eigenvalue weighted by Gasteiger charge is -2.46. The van der Waals surface area contributed by atoms with E-state index >= 15 is 0 Å². The zero-order valence-corrected chi connectivity index (χ0v) is 20.0. The first-order valence-corrected chi connectivity index (χ1v) is 11.0. The van der Waals surface area contributed by atoms with Crippen molar-refractivity contribution in [2.75, 3.05) is 41.0 Å². The highest BCUT2D eigenvalue weighted by molar-refractivity contribution is 5.65. The summed E-state index contributed by atoms with van der Waals surface area (Å²) in [4.78, 5) is 11.2. The highest BCUT2D eigenvalue weighted by Gasteiger charge is 2.40. The molecule has 5 nitrogen and oxygen atoms in total. The maximum atomic E-state index is 11.2. The van der Waals surface area contributed by atoms with E-state index in [1.807, 2.05) is 0 Å². The number of rotatable bonds is 7. The van der Waals surface area contributed by atoms with Gasteiger partial charge < -0.3 is 18.7 Å². The third-order valence-electron chi connectivity index (χ3n) is 6.69. The topological polar surface area (TPSA) is 44.8 Å². The van der Waals surface area contributed by atoms with Crippen molar-refractivity contribution in [3.63, 3.8) is 0 Å². The van der Waals surface area contributed by atoms with Crippen LogP contribution in [0.2, 0.25) is 0 Å². The molecule has 1 aliphatic heterocycles. The second-order valence-electron chi connectivity index (χ2n) is 8.98. The summed E-state index contributed by atoms with van der Waals surface area (Å²) in [5.41, 5.74) is 7.77. The molecule has 2 unspecified atom stereocenters. The summed E-state index contributed by atoms with van der Waals surface area (Å²) >= 11 is 0. The molecule has 1 heterocycles. The SMILES string of the molecule is COc1cc(C2c3cc(C)c(C)cc3CC[N+]2(C)CCCOC(C)=O)cc(C)c1OC. The number of methoxy groups -OCH3 is 2. The molecule has 168 valence electrons. The molecule has 1 aliphatic rings. The molecule has 0 aliphatic carbocycles. The van der Waals surface area contributed by atoms with Gasteiger partial charge >= 0.3 is 5.97 Å². The molecule has 0 saturated carbocycles. The van der Waals surface area contributed by atoms with Crippen molar-refractivity contribution >= 4 is 5.97 Å². The second-order valence-corrected chi connectivity index (χ2v) is 8.98. The summed E-state index contributed by atoms with van der Waals surface area (Å²) in [5.74, 6) is 1.33. The fourth-order valence-corrected chi connectivity index (χ4v) is 4.97. The molecule has 0 spiro atoms. The Bertz CT molecular complexity index is 968. The summed E-state index contributed by atoms with van der Waals surface area (Å²) in [6, 6.07) is 9.26. The quantitative estimate of drug-likeness (QED) is 0.367. The highest BCUT2D eigenvalue weighted by atomic mass is 16.5. The minimum atomic E-state index is -0.218. The molecule has 0 radical (unpaired) electrons. The first-order chi connectivity index (χ1) is 14.7. The molecular weight excluding hydrogens is 390 g/mol. The normalized spacial score (nSPS) is 20.2. The van der Waals surface area contributed by atoms with Crippen LogP contribution in [0.5, 0.6) is 11.5 Å². The van der Waals surface area contributed by atoms with Crippen molar-refractivity contribution in [3.05, 3.63) is 57.6 Å². The minimum Gasteiger partial charge on any atom is -0.493 e. The van der Waals surface area contributed by atoms with Crippen molar-refractivity contribution in [1.82, 2.24) is 0 Å². The van der Waals surface area contributed by atoms with Gasteiger partial charge in [-0.2, -0.15) is 0 Å². The number of carbonyl (C=O) groups is 1. The summed E-state index contributed by atoms with van der Waals surface area (Å²) in [6.07, 6.45) is 1.88. The third-order valence-corrected chi connectivity index (χ3v) is 6.69. The lowest BCUT2D eigenvalue weighted by molar-refractivity contribution is -0.935. The first kappa shape index (κ1) is 23.1. The largest absolute Gasteiger partial charge is 0.493 e. The number of fused-ring (bicyclic) bond motifs is 1. The number of carbonyl (C=O) groups excluding carboxylic acids is 1. The highest BCUT2D eigenvalue weighted by Crippen LogP contribution is 2.44. The van der Waals surface area contributed by atoms with E-state index in [4.69, 9.17) is 14.2 Å². The Morgan fingerprint density at radius 2 is 1.74 bits per heavy atom. The maximum Gasteiger partial charge on any atom is 0.302 e. The van der Waals surface area contributed by atoms with E-state index in [2.05, 4.69) is 52.1 Å². The van der Waals surface area contributed by atoms with E-state index in [9.17, 15) is 4.79 Å².